The van der Waals surface area contributed by atoms with Crippen molar-refractivity contribution in [3.05, 3.63) is 53.9 Å². The van der Waals surface area contributed by atoms with Crippen LogP contribution in [0.5, 0.6) is 11.5 Å². The van der Waals surface area contributed by atoms with Gasteiger partial charge in [0.1, 0.15) is 11.4 Å². The number of esters is 2. The number of benzene rings is 2. The summed E-state index contributed by atoms with van der Waals surface area (Å²) in [6.45, 7) is 4.67. The van der Waals surface area contributed by atoms with Crippen LogP contribution in [0.4, 0.5) is 4.79 Å². The maximum atomic E-state index is 13.2. The Balaban J connectivity index is 1.80. The van der Waals surface area contributed by atoms with Crippen LogP contribution in [0.2, 0.25) is 0 Å². The van der Waals surface area contributed by atoms with E-state index < -0.39 is 30.2 Å². The van der Waals surface area contributed by atoms with E-state index in [-0.39, 0.29) is 42.5 Å². The molecule has 12 heteroatoms. The third-order valence-electron chi connectivity index (χ3n) is 5.44. The molecule has 1 heterocycles. The van der Waals surface area contributed by atoms with E-state index in [1.165, 1.54) is 37.0 Å². The Bertz CT molecular complexity index is 1390. The molecule has 214 valence electrons. The van der Waals surface area contributed by atoms with Crippen LogP contribution in [0.15, 0.2) is 42.5 Å². The molecule has 0 radical (unpaired) electrons. The average Bonchev–Trinajstić information content (AvgIpc) is 3.27. The molecule has 40 heavy (non-hydrogen) atoms. The Labute approximate surface area is 231 Å². The first kappa shape index (κ1) is 30.1. The number of ether oxygens (including phenoxy) is 5. The quantitative estimate of drug-likeness (QED) is 0.196. The molecule has 12 nitrogen and oxygen atoms in total. The first-order valence-electron chi connectivity index (χ1n) is 12.4. The fourth-order valence-electron chi connectivity index (χ4n) is 3.63. The maximum Gasteiger partial charge on any atom is 0.420 e. The number of nitrogens with zero attached hydrogens (tertiary/aromatic N) is 3. The first-order valence-corrected chi connectivity index (χ1v) is 12.4. The minimum absolute atomic E-state index is 0.0314. The molecular formula is C28H33N3O9. The van der Waals surface area contributed by atoms with E-state index in [0.29, 0.717) is 16.9 Å². The largest absolute Gasteiger partial charge is 0.478 e. The predicted octanol–water partition coefficient (Wildman–Crippen LogP) is 3.24. The monoisotopic (exact) mass is 555 g/mol. The van der Waals surface area contributed by atoms with Gasteiger partial charge in [0.05, 0.1) is 38.3 Å². The Morgan fingerprint density at radius 2 is 1.52 bits per heavy atom. The summed E-state index contributed by atoms with van der Waals surface area (Å²) in [5.41, 5.74) is 0.791. The van der Waals surface area contributed by atoms with Crippen molar-refractivity contribution >= 4 is 34.8 Å². The van der Waals surface area contributed by atoms with Crippen molar-refractivity contribution in [2.24, 2.45) is 0 Å². The summed E-state index contributed by atoms with van der Waals surface area (Å²) in [7, 11) is 4.16. The molecule has 2 aromatic carbocycles. The van der Waals surface area contributed by atoms with Gasteiger partial charge < -0.3 is 23.7 Å². The van der Waals surface area contributed by atoms with Crippen LogP contribution in [0.25, 0.3) is 11.0 Å². The lowest BCUT2D eigenvalue weighted by Crippen LogP contribution is -2.31. The minimum atomic E-state index is -0.706. The summed E-state index contributed by atoms with van der Waals surface area (Å²) in [6.07, 6.45) is -0.564. The van der Waals surface area contributed by atoms with Crippen molar-refractivity contribution in [2.75, 3.05) is 41.0 Å². The number of hydrogen-bond donors (Lipinski definition) is 0. The number of Topliss-reactive ketones (excluding diaryl/α,β-unsaturated/α-hetero) is 1. The van der Waals surface area contributed by atoms with Gasteiger partial charge in [0.15, 0.2) is 30.5 Å². The standard InChI is InChI=1S/C28H33N3O9/c1-28(2,3)40-27(35)31-20-10-8-7-9-19(20)29-24(31)15-30(4)14-21(32)18-11-12-22(38-16-25(33)36-5)23(13-18)39-17-26(34)37-6/h7-13H,14-17H2,1-6H3. The number of imidazole rings is 1. The highest BCUT2D eigenvalue weighted by atomic mass is 16.6. The van der Waals surface area contributed by atoms with Gasteiger partial charge in [0, 0.05) is 5.56 Å². The zero-order valence-electron chi connectivity index (χ0n) is 23.4. The second kappa shape index (κ2) is 13.1. The number of methoxy groups -OCH3 is 2. The maximum absolute atomic E-state index is 13.2. The number of para-hydroxylation sites is 2. The number of likely N-dealkylation sites (N-methyl/N-ethyl adjacent to an activating group) is 1. The molecule has 0 saturated heterocycles. The van der Waals surface area contributed by atoms with Crippen LogP contribution < -0.4 is 9.47 Å². The topological polar surface area (TPSA) is 135 Å². The predicted molar refractivity (Wildman–Crippen MR) is 143 cm³/mol. The van der Waals surface area contributed by atoms with Gasteiger partial charge in [-0.1, -0.05) is 12.1 Å². The summed E-state index contributed by atoms with van der Waals surface area (Å²) in [4.78, 5) is 55.6. The zero-order chi connectivity index (χ0) is 29.4. The van der Waals surface area contributed by atoms with Crippen LogP contribution >= 0.6 is 0 Å². The van der Waals surface area contributed by atoms with E-state index in [2.05, 4.69) is 14.5 Å². The smallest absolute Gasteiger partial charge is 0.420 e. The molecule has 3 rings (SSSR count). The molecule has 0 aliphatic carbocycles. The van der Waals surface area contributed by atoms with Crippen molar-refractivity contribution in [3.8, 4) is 11.5 Å². The summed E-state index contributed by atoms with van der Waals surface area (Å²) in [5, 5.41) is 0. The molecule has 0 fully saturated rings. The van der Waals surface area contributed by atoms with Gasteiger partial charge in [0.2, 0.25) is 0 Å². The number of carbonyl (C=O) groups excluding carboxylic acids is 4. The Hall–Kier alpha value is -4.45. The molecule has 0 N–H and O–H groups in total. The van der Waals surface area contributed by atoms with Crippen molar-refractivity contribution < 1.29 is 42.9 Å². The van der Waals surface area contributed by atoms with Crippen LogP contribution in [-0.4, -0.2) is 84.9 Å². The first-order chi connectivity index (χ1) is 18.9. The van der Waals surface area contributed by atoms with Gasteiger partial charge in [-0.25, -0.2) is 23.9 Å². The molecular weight excluding hydrogens is 522 g/mol. The molecule has 0 atom stereocenters. The number of ketones is 1. The van der Waals surface area contributed by atoms with E-state index in [1.807, 2.05) is 6.07 Å². The molecule has 1 aromatic heterocycles. The van der Waals surface area contributed by atoms with Gasteiger partial charge >= 0.3 is 18.0 Å². The molecule has 0 aliphatic heterocycles. The lowest BCUT2D eigenvalue weighted by Gasteiger charge is -2.21. The molecule has 0 amide bonds. The molecule has 0 unspecified atom stereocenters. The average molecular weight is 556 g/mol. The Kier molecular flexibility index (Phi) is 9.83. The molecule has 0 saturated carbocycles. The second-order valence-electron chi connectivity index (χ2n) is 9.82. The van der Waals surface area contributed by atoms with Gasteiger partial charge in [-0.3, -0.25) is 9.69 Å². The highest BCUT2D eigenvalue weighted by Gasteiger charge is 2.24. The number of hydrogen-bond acceptors (Lipinski definition) is 11. The summed E-state index contributed by atoms with van der Waals surface area (Å²) >= 11 is 0. The summed E-state index contributed by atoms with van der Waals surface area (Å²) in [5.74, 6) is -0.884. The van der Waals surface area contributed by atoms with E-state index in [0.717, 1.165) is 0 Å². The number of carbonyl (C=O) groups is 4. The number of fused-ring (bicyclic) bond motifs is 1. The van der Waals surface area contributed by atoms with E-state index in [4.69, 9.17) is 14.2 Å². The van der Waals surface area contributed by atoms with Gasteiger partial charge in [-0.15, -0.1) is 0 Å². The van der Waals surface area contributed by atoms with Crippen molar-refractivity contribution in [2.45, 2.75) is 32.9 Å². The Morgan fingerprint density at radius 3 is 2.15 bits per heavy atom. The van der Waals surface area contributed by atoms with E-state index in [1.54, 1.807) is 50.9 Å². The lowest BCUT2D eigenvalue weighted by atomic mass is 10.1. The van der Waals surface area contributed by atoms with Gasteiger partial charge in [-0.05, 0) is 58.2 Å². The fourth-order valence-corrected chi connectivity index (χ4v) is 3.63. The van der Waals surface area contributed by atoms with Gasteiger partial charge in [0.25, 0.3) is 0 Å². The zero-order valence-corrected chi connectivity index (χ0v) is 23.4. The molecule has 3 aromatic rings. The summed E-state index contributed by atoms with van der Waals surface area (Å²) in [6, 6.07) is 11.6. The highest BCUT2D eigenvalue weighted by Crippen LogP contribution is 2.29. The number of rotatable bonds is 11. The summed E-state index contributed by atoms with van der Waals surface area (Å²) < 4.78 is 27.1. The molecule has 0 aliphatic rings. The van der Waals surface area contributed by atoms with Crippen molar-refractivity contribution in [1.29, 1.82) is 0 Å². The van der Waals surface area contributed by atoms with Crippen molar-refractivity contribution in [1.82, 2.24) is 14.5 Å². The van der Waals surface area contributed by atoms with E-state index in [9.17, 15) is 19.2 Å². The van der Waals surface area contributed by atoms with Crippen LogP contribution in [0, 0.1) is 0 Å². The van der Waals surface area contributed by atoms with Crippen molar-refractivity contribution in [3.63, 3.8) is 0 Å². The van der Waals surface area contributed by atoms with Crippen LogP contribution in [0.3, 0.4) is 0 Å². The third-order valence-corrected chi connectivity index (χ3v) is 5.44. The minimum Gasteiger partial charge on any atom is -0.478 e. The third kappa shape index (κ3) is 8.03. The molecule has 0 spiro atoms. The fraction of sp³-hybridized carbons (Fsp3) is 0.393. The second-order valence-corrected chi connectivity index (χ2v) is 9.82. The normalized spacial score (nSPS) is 11.3. The van der Waals surface area contributed by atoms with Crippen LogP contribution in [-0.2, 0) is 30.3 Å². The Morgan fingerprint density at radius 1 is 0.900 bits per heavy atom. The highest BCUT2D eigenvalue weighted by molar-refractivity contribution is 5.98. The lowest BCUT2D eigenvalue weighted by molar-refractivity contribution is -0.144. The van der Waals surface area contributed by atoms with Gasteiger partial charge in [-0.2, -0.15) is 0 Å². The van der Waals surface area contributed by atoms with E-state index >= 15 is 0 Å². The number of aromatic nitrogens is 2. The SMILES string of the molecule is COC(=O)COc1ccc(C(=O)CN(C)Cc2nc3ccccc3n2C(=O)OC(C)(C)C)cc1OCC(=O)OC. The molecule has 0 bridgehead atoms. The van der Waals surface area contributed by atoms with Crippen LogP contribution in [0.1, 0.15) is 37.0 Å².